The number of ether oxygens (including phenoxy) is 1. The standard InChI is InChI=1S/C27H23BrCl2N2O4/c28-16-11-14(7-10-23(16)36-13-24(35)31-15-8-9-17(29)18(30)12-15)25-26-19(3-1-5-21(26)33)32-20-4-2-6-22(34)27(20)25/h7-12,25,32H,1-6,13H2,(H,31,35). The number of carbonyl (C=O) groups is 3. The molecule has 0 saturated carbocycles. The summed E-state index contributed by atoms with van der Waals surface area (Å²) in [6, 6.07) is 10.3. The van der Waals surface area contributed by atoms with Gasteiger partial charge in [0.05, 0.1) is 14.5 Å². The normalized spacial score (nSPS) is 18.0. The number of nitrogens with one attached hydrogen (secondary N) is 2. The molecule has 0 fully saturated rings. The molecule has 9 heteroatoms. The Labute approximate surface area is 227 Å². The van der Waals surface area contributed by atoms with Gasteiger partial charge in [-0.3, -0.25) is 14.4 Å². The third-order valence-electron chi connectivity index (χ3n) is 6.64. The van der Waals surface area contributed by atoms with Crippen molar-refractivity contribution in [1.82, 2.24) is 5.32 Å². The highest BCUT2D eigenvalue weighted by molar-refractivity contribution is 9.10. The summed E-state index contributed by atoms with van der Waals surface area (Å²) in [5.41, 5.74) is 4.66. The molecule has 3 aliphatic rings. The lowest BCUT2D eigenvalue weighted by molar-refractivity contribution is -0.118. The average molecular weight is 590 g/mol. The second-order valence-corrected chi connectivity index (χ2v) is 10.7. The Morgan fingerprint density at radius 2 is 1.61 bits per heavy atom. The second kappa shape index (κ2) is 10.4. The van der Waals surface area contributed by atoms with E-state index in [4.69, 9.17) is 27.9 Å². The summed E-state index contributed by atoms with van der Waals surface area (Å²) in [5, 5.41) is 6.89. The van der Waals surface area contributed by atoms with Crippen molar-refractivity contribution in [3.63, 3.8) is 0 Å². The lowest BCUT2D eigenvalue weighted by Gasteiger charge is -2.37. The first-order valence-electron chi connectivity index (χ1n) is 11.8. The molecular formula is C27H23BrCl2N2O4. The molecule has 2 N–H and O–H groups in total. The third-order valence-corrected chi connectivity index (χ3v) is 8.00. The van der Waals surface area contributed by atoms with Gasteiger partial charge in [-0.2, -0.15) is 0 Å². The van der Waals surface area contributed by atoms with Crippen LogP contribution in [0.4, 0.5) is 5.69 Å². The van der Waals surface area contributed by atoms with E-state index in [1.807, 2.05) is 12.1 Å². The van der Waals surface area contributed by atoms with Crippen molar-refractivity contribution < 1.29 is 19.1 Å². The van der Waals surface area contributed by atoms with Gasteiger partial charge in [0.1, 0.15) is 5.75 Å². The number of Topliss-reactive ketones (excluding diaryl/α,β-unsaturated/α-hetero) is 2. The Morgan fingerprint density at radius 3 is 2.22 bits per heavy atom. The van der Waals surface area contributed by atoms with Crippen LogP contribution in [0.3, 0.4) is 0 Å². The van der Waals surface area contributed by atoms with E-state index in [-0.39, 0.29) is 30.0 Å². The van der Waals surface area contributed by atoms with Gasteiger partial charge in [0.2, 0.25) is 0 Å². The molecule has 6 nitrogen and oxygen atoms in total. The molecule has 1 amide bonds. The summed E-state index contributed by atoms with van der Waals surface area (Å²) in [4.78, 5) is 38.3. The molecule has 0 unspecified atom stereocenters. The minimum absolute atomic E-state index is 0.0918. The van der Waals surface area contributed by atoms with Gasteiger partial charge in [-0.05, 0) is 77.5 Å². The highest BCUT2D eigenvalue weighted by Crippen LogP contribution is 2.46. The van der Waals surface area contributed by atoms with Crippen molar-refractivity contribution in [3.05, 3.63) is 79.0 Å². The van der Waals surface area contributed by atoms with Crippen molar-refractivity contribution in [2.24, 2.45) is 0 Å². The van der Waals surface area contributed by atoms with Gasteiger partial charge >= 0.3 is 0 Å². The van der Waals surface area contributed by atoms with E-state index in [0.717, 1.165) is 42.6 Å². The number of dihydropyridines is 1. The smallest absolute Gasteiger partial charge is 0.262 e. The monoisotopic (exact) mass is 588 g/mol. The topological polar surface area (TPSA) is 84.5 Å². The molecule has 2 aromatic rings. The van der Waals surface area contributed by atoms with E-state index >= 15 is 0 Å². The van der Waals surface area contributed by atoms with Crippen LogP contribution in [-0.4, -0.2) is 24.1 Å². The predicted octanol–water partition coefficient (Wildman–Crippen LogP) is 6.47. The van der Waals surface area contributed by atoms with Crippen LogP contribution >= 0.6 is 39.1 Å². The molecule has 0 aromatic heterocycles. The van der Waals surface area contributed by atoms with Gasteiger partial charge in [-0.15, -0.1) is 0 Å². The molecule has 0 radical (unpaired) electrons. The van der Waals surface area contributed by atoms with Gasteiger partial charge in [-0.25, -0.2) is 0 Å². The summed E-state index contributed by atoms with van der Waals surface area (Å²) in [6.07, 6.45) is 4.22. The Morgan fingerprint density at radius 1 is 0.944 bits per heavy atom. The summed E-state index contributed by atoms with van der Waals surface area (Å²) < 4.78 is 6.37. The first-order chi connectivity index (χ1) is 17.3. The Balaban J connectivity index is 1.37. The quantitative estimate of drug-likeness (QED) is 0.417. The maximum Gasteiger partial charge on any atom is 0.262 e. The fraction of sp³-hybridized carbons (Fsp3) is 0.296. The van der Waals surface area contributed by atoms with Gasteiger partial charge in [-0.1, -0.05) is 29.3 Å². The Bertz CT molecular complexity index is 1310. The maximum atomic E-state index is 13.0. The number of anilines is 1. The molecule has 0 spiro atoms. The van der Waals surface area contributed by atoms with Crippen molar-refractivity contribution in [2.45, 2.75) is 44.4 Å². The molecule has 186 valence electrons. The van der Waals surface area contributed by atoms with Gasteiger partial charge in [0.25, 0.3) is 5.91 Å². The number of rotatable bonds is 5. The second-order valence-electron chi connectivity index (χ2n) is 9.05. The molecule has 5 rings (SSSR count). The van der Waals surface area contributed by atoms with Crippen LogP contribution in [0.1, 0.15) is 50.0 Å². The lowest BCUT2D eigenvalue weighted by atomic mass is 9.71. The first-order valence-corrected chi connectivity index (χ1v) is 13.3. The Hall–Kier alpha value is -2.61. The van der Waals surface area contributed by atoms with E-state index in [1.54, 1.807) is 24.3 Å². The van der Waals surface area contributed by atoms with Gasteiger partial charge in [0, 0.05) is 47.0 Å². The fourth-order valence-corrected chi connectivity index (χ4v) is 5.85. The van der Waals surface area contributed by atoms with Gasteiger partial charge in [0.15, 0.2) is 18.2 Å². The molecule has 0 saturated heterocycles. The van der Waals surface area contributed by atoms with E-state index in [0.29, 0.717) is 49.9 Å². The van der Waals surface area contributed by atoms with Crippen molar-refractivity contribution in [2.75, 3.05) is 11.9 Å². The number of hydrogen-bond donors (Lipinski definition) is 2. The molecule has 1 heterocycles. The van der Waals surface area contributed by atoms with Crippen molar-refractivity contribution >= 4 is 62.3 Å². The number of carbonyl (C=O) groups excluding carboxylic acids is 3. The van der Waals surface area contributed by atoms with Crippen molar-refractivity contribution in [1.29, 1.82) is 0 Å². The molecular weight excluding hydrogens is 567 g/mol. The zero-order chi connectivity index (χ0) is 25.4. The molecule has 2 aliphatic carbocycles. The minimum Gasteiger partial charge on any atom is -0.483 e. The highest BCUT2D eigenvalue weighted by Gasteiger charge is 2.40. The molecule has 1 aliphatic heterocycles. The number of allylic oxidation sites excluding steroid dienone is 4. The summed E-state index contributed by atoms with van der Waals surface area (Å²) in [6.45, 7) is -0.215. The van der Waals surface area contributed by atoms with Crippen molar-refractivity contribution in [3.8, 4) is 5.75 Å². The predicted molar refractivity (Wildman–Crippen MR) is 142 cm³/mol. The lowest BCUT2D eigenvalue weighted by Crippen LogP contribution is -2.36. The number of ketones is 2. The van der Waals surface area contributed by atoms with Crippen LogP contribution < -0.4 is 15.4 Å². The molecule has 2 aromatic carbocycles. The van der Waals surface area contributed by atoms with E-state index in [1.165, 1.54) is 0 Å². The van der Waals surface area contributed by atoms with Gasteiger partial charge < -0.3 is 15.4 Å². The van der Waals surface area contributed by atoms with E-state index in [2.05, 4.69) is 26.6 Å². The molecule has 0 atom stereocenters. The highest BCUT2D eigenvalue weighted by atomic mass is 79.9. The summed E-state index contributed by atoms with van der Waals surface area (Å²) >= 11 is 15.5. The number of halogens is 3. The zero-order valence-electron chi connectivity index (χ0n) is 19.3. The van der Waals surface area contributed by atoms with Crippen LogP contribution in [0.25, 0.3) is 0 Å². The third kappa shape index (κ3) is 4.97. The van der Waals surface area contributed by atoms with Crippen LogP contribution in [0.15, 0.2) is 63.4 Å². The first kappa shape index (κ1) is 25.1. The van der Waals surface area contributed by atoms with Crippen LogP contribution in [-0.2, 0) is 14.4 Å². The van der Waals surface area contributed by atoms with E-state index < -0.39 is 0 Å². The maximum absolute atomic E-state index is 13.0. The van der Waals surface area contributed by atoms with Crippen LogP contribution in [0.5, 0.6) is 5.75 Å². The Kier molecular flexibility index (Phi) is 7.24. The number of hydrogen-bond acceptors (Lipinski definition) is 5. The fourth-order valence-electron chi connectivity index (χ4n) is 5.04. The minimum atomic E-state index is -0.389. The number of amides is 1. The summed E-state index contributed by atoms with van der Waals surface area (Å²) in [5.74, 6) is -0.0819. The average Bonchev–Trinajstić information content (AvgIpc) is 2.85. The zero-order valence-corrected chi connectivity index (χ0v) is 22.4. The summed E-state index contributed by atoms with van der Waals surface area (Å²) in [7, 11) is 0. The molecule has 0 bridgehead atoms. The van der Waals surface area contributed by atoms with Crippen LogP contribution in [0, 0.1) is 0 Å². The SMILES string of the molecule is O=C(COc1ccc(C2C3=C(CCCC3=O)NC3=C2C(=O)CCC3)cc1Br)Nc1ccc(Cl)c(Cl)c1. The largest absolute Gasteiger partial charge is 0.483 e. The van der Waals surface area contributed by atoms with E-state index in [9.17, 15) is 14.4 Å². The molecule has 36 heavy (non-hydrogen) atoms. The number of benzene rings is 2. The van der Waals surface area contributed by atoms with Crippen LogP contribution in [0.2, 0.25) is 10.0 Å².